The summed E-state index contributed by atoms with van der Waals surface area (Å²) in [5.41, 5.74) is 8.81. The Labute approximate surface area is 203 Å². The molecule has 1 aliphatic carbocycles. The molecule has 0 amide bonds. The highest BCUT2D eigenvalue weighted by atomic mass is 19.1. The van der Waals surface area contributed by atoms with Gasteiger partial charge in [-0.05, 0) is 61.6 Å². The third-order valence-corrected chi connectivity index (χ3v) is 7.78. The summed E-state index contributed by atoms with van der Waals surface area (Å²) in [6.45, 7) is 8.57. The van der Waals surface area contributed by atoms with Gasteiger partial charge in [0.15, 0.2) is 17.0 Å². The van der Waals surface area contributed by atoms with Crippen molar-refractivity contribution >= 4 is 17.0 Å². The smallest absolute Gasteiger partial charge is 0.251 e. The van der Waals surface area contributed by atoms with Gasteiger partial charge in [0.25, 0.3) is 5.56 Å². The second-order valence-corrected chi connectivity index (χ2v) is 10.4. The summed E-state index contributed by atoms with van der Waals surface area (Å²) >= 11 is 0. The molecule has 8 heteroatoms. The number of rotatable bonds is 4. The Morgan fingerprint density at radius 3 is 2.69 bits per heavy atom. The number of nitrogens with two attached hydrogens (primary N) is 1. The van der Waals surface area contributed by atoms with Crippen LogP contribution in [0.25, 0.3) is 22.6 Å². The number of halogens is 1. The summed E-state index contributed by atoms with van der Waals surface area (Å²) in [7, 11) is 0. The molecule has 0 spiro atoms. The number of fused-ring (bicyclic) bond motifs is 1. The molecule has 3 aromatic heterocycles. The van der Waals surface area contributed by atoms with Crippen molar-refractivity contribution < 1.29 is 4.39 Å². The van der Waals surface area contributed by atoms with Crippen molar-refractivity contribution in [3.05, 3.63) is 70.2 Å². The third kappa shape index (κ3) is 4.11. The van der Waals surface area contributed by atoms with Crippen LogP contribution in [-0.4, -0.2) is 24.5 Å². The molecule has 7 nitrogen and oxygen atoms in total. The molecule has 1 aliphatic rings. The van der Waals surface area contributed by atoms with Gasteiger partial charge in [0.05, 0.1) is 0 Å². The molecule has 182 valence electrons. The summed E-state index contributed by atoms with van der Waals surface area (Å²) in [6, 6.07) is 10.2. The minimum Gasteiger partial charge on any atom is -0.382 e. The normalized spacial score (nSPS) is 22.7. The largest absolute Gasteiger partial charge is 0.382 e. The molecule has 3 heterocycles. The Hall–Kier alpha value is -3.55. The number of hydrogen-bond donors (Lipinski definition) is 2. The lowest BCUT2D eigenvalue weighted by atomic mass is 9.62. The van der Waals surface area contributed by atoms with Gasteiger partial charge in [-0.3, -0.25) is 4.79 Å². The molecular weight excluding hydrogens is 443 g/mol. The lowest BCUT2D eigenvalue weighted by molar-refractivity contribution is 0.0913. The number of benzene rings is 1. The van der Waals surface area contributed by atoms with E-state index in [1.165, 1.54) is 12.1 Å². The van der Waals surface area contributed by atoms with Gasteiger partial charge in [0, 0.05) is 23.4 Å². The number of imidazole rings is 1. The minimum atomic E-state index is -0.333. The first-order valence-corrected chi connectivity index (χ1v) is 12.1. The molecule has 4 aromatic rings. The summed E-state index contributed by atoms with van der Waals surface area (Å²) in [4.78, 5) is 29.5. The maximum atomic E-state index is 14.3. The van der Waals surface area contributed by atoms with Gasteiger partial charge in [-0.25, -0.2) is 19.3 Å². The lowest BCUT2D eigenvalue weighted by Crippen LogP contribution is -2.37. The quantitative estimate of drug-likeness (QED) is 0.413. The van der Waals surface area contributed by atoms with Crippen molar-refractivity contribution in [2.75, 3.05) is 5.73 Å². The van der Waals surface area contributed by atoms with Gasteiger partial charge < -0.3 is 15.3 Å². The highest BCUT2D eigenvalue weighted by molar-refractivity contribution is 5.85. The average molecular weight is 475 g/mol. The molecule has 3 unspecified atom stereocenters. The lowest BCUT2D eigenvalue weighted by Gasteiger charge is -2.45. The fourth-order valence-corrected chi connectivity index (χ4v) is 5.63. The zero-order valence-electron chi connectivity index (χ0n) is 20.5. The van der Waals surface area contributed by atoms with Crippen LogP contribution in [0.15, 0.2) is 47.4 Å². The predicted octanol–water partition coefficient (Wildman–Crippen LogP) is 5.38. The molecule has 0 radical (unpaired) electrons. The number of nitrogens with one attached hydrogen (secondary N) is 1. The molecule has 1 fully saturated rings. The SMILES string of the molecule is Cc1nc(N)c2nc(-c3cccc(F)c3)n(C3CC(c4ccc[nH]c4=O)CC(C)(C(C)C)C3)c2n1. The number of aromatic nitrogens is 5. The summed E-state index contributed by atoms with van der Waals surface area (Å²) < 4.78 is 16.4. The van der Waals surface area contributed by atoms with E-state index >= 15 is 0 Å². The highest BCUT2D eigenvalue weighted by Crippen LogP contribution is 2.52. The number of pyridine rings is 1. The number of aromatic amines is 1. The van der Waals surface area contributed by atoms with E-state index in [1.807, 2.05) is 18.2 Å². The molecule has 3 N–H and O–H groups in total. The molecular formula is C27H31FN6O. The van der Waals surface area contributed by atoms with Crippen molar-refractivity contribution in [1.29, 1.82) is 0 Å². The van der Waals surface area contributed by atoms with E-state index in [-0.39, 0.29) is 28.8 Å². The number of aryl methyl sites for hydroxylation is 1. The van der Waals surface area contributed by atoms with Crippen molar-refractivity contribution in [3.63, 3.8) is 0 Å². The maximum absolute atomic E-state index is 14.3. The molecule has 1 saturated carbocycles. The minimum absolute atomic E-state index is 0.0160. The van der Waals surface area contributed by atoms with Crippen LogP contribution in [0.2, 0.25) is 0 Å². The summed E-state index contributed by atoms with van der Waals surface area (Å²) in [5.74, 6) is 1.60. The van der Waals surface area contributed by atoms with E-state index in [9.17, 15) is 9.18 Å². The molecule has 3 atom stereocenters. The van der Waals surface area contributed by atoms with E-state index in [0.717, 1.165) is 24.8 Å². The Balaban J connectivity index is 1.74. The predicted molar refractivity (Wildman–Crippen MR) is 136 cm³/mol. The van der Waals surface area contributed by atoms with Gasteiger partial charge in [0.2, 0.25) is 0 Å². The van der Waals surface area contributed by atoms with Crippen LogP contribution in [0, 0.1) is 24.1 Å². The third-order valence-electron chi connectivity index (χ3n) is 7.78. The molecule has 1 aromatic carbocycles. The van der Waals surface area contributed by atoms with Gasteiger partial charge >= 0.3 is 0 Å². The number of H-pyrrole nitrogens is 1. The number of hydrogen-bond acceptors (Lipinski definition) is 5. The monoisotopic (exact) mass is 474 g/mol. The Morgan fingerprint density at radius 1 is 1.17 bits per heavy atom. The van der Waals surface area contributed by atoms with E-state index in [2.05, 4.69) is 35.3 Å². The zero-order chi connectivity index (χ0) is 24.9. The van der Waals surface area contributed by atoms with Crippen LogP contribution in [-0.2, 0) is 0 Å². The fourth-order valence-electron chi connectivity index (χ4n) is 5.63. The molecule has 0 aliphatic heterocycles. The Bertz CT molecular complexity index is 1460. The standard InChI is InChI=1S/C27H31FN6O/c1-15(2)27(4)13-18(21-9-6-10-30-26(21)35)12-20(14-27)34-24(17-7-5-8-19(28)11-17)33-22-23(29)31-16(3)32-25(22)34/h5-11,15,18,20H,12-14H2,1-4H3,(H,30,35)(H2,29,31,32). The Morgan fingerprint density at radius 2 is 1.97 bits per heavy atom. The number of anilines is 1. The molecule has 0 saturated heterocycles. The first-order chi connectivity index (χ1) is 16.7. The second kappa shape index (κ2) is 8.59. The number of nitrogen functional groups attached to an aromatic ring is 1. The molecule has 35 heavy (non-hydrogen) atoms. The van der Waals surface area contributed by atoms with Gasteiger partial charge in [-0.15, -0.1) is 0 Å². The summed E-state index contributed by atoms with van der Waals surface area (Å²) in [5, 5.41) is 0. The van der Waals surface area contributed by atoms with Crippen LogP contribution in [0.4, 0.5) is 10.2 Å². The van der Waals surface area contributed by atoms with E-state index in [0.29, 0.717) is 40.1 Å². The zero-order valence-corrected chi connectivity index (χ0v) is 20.5. The van der Waals surface area contributed by atoms with E-state index < -0.39 is 0 Å². The van der Waals surface area contributed by atoms with E-state index in [4.69, 9.17) is 15.7 Å². The maximum Gasteiger partial charge on any atom is 0.251 e. The van der Waals surface area contributed by atoms with Crippen molar-refractivity contribution in [2.45, 2.75) is 58.9 Å². The van der Waals surface area contributed by atoms with E-state index in [1.54, 1.807) is 19.2 Å². The van der Waals surface area contributed by atoms with Crippen molar-refractivity contribution in [2.24, 2.45) is 11.3 Å². The van der Waals surface area contributed by atoms with Crippen LogP contribution in [0.3, 0.4) is 0 Å². The molecule has 0 bridgehead atoms. The molecule has 5 rings (SSSR count). The fraction of sp³-hybridized carbons (Fsp3) is 0.407. The van der Waals surface area contributed by atoms with Gasteiger partial charge in [0.1, 0.15) is 17.5 Å². The summed E-state index contributed by atoms with van der Waals surface area (Å²) in [6.07, 6.45) is 4.20. The average Bonchev–Trinajstić information content (AvgIpc) is 3.19. The van der Waals surface area contributed by atoms with Crippen molar-refractivity contribution in [1.82, 2.24) is 24.5 Å². The van der Waals surface area contributed by atoms with Crippen LogP contribution >= 0.6 is 0 Å². The first kappa shape index (κ1) is 23.2. The van der Waals surface area contributed by atoms with Crippen LogP contribution < -0.4 is 11.3 Å². The second-order valence-electron chi connectivity index (χ2n) is 10.4. The Kier molecular flexibility index (Phi) is 5.69. The van der Waals surface area contributed by atoms with Crippen LogP contribution in [0.5, 0.6) is 0 Å². The van der Waals surface area contributed by atoms with Gasteiger partial charge in [-0.1, -0.05) is 39.0 Å². The first-order valence-electron chi connectivity index (χ1n) is 12.1. The topological polar surface area (TPSA) is 102 Å². The number of nitrogens with zero attached hydrogens (tertiary/aromatic N) is 4. The van der Waals surface area contributed by atoms with Gasteiger partial charge in [-0.2, -0.15) is 0 Å². The highest BCUT2D eigenvalue weighted by Gasteiger charge is 2.42. The van der Waals surface area contributed by atoms with Crippen molar-refractivity contribution in [3.8, 4) is 11.4 Å². The van der Waals surface area contributed by atoms with Crippen LogP contribution in [0.1, 0.15) is 63.4 Å².